The summed E-state index contributed by atoms with van der Waals surface area (Å²) in [4.78, 5) is 15.2. The second-order valence-electron chi connectivity index (χ2n) is 6.98. The van der Waals surface area contributed by atoms with Crippen LogP contribution in [0.5, 0.6) is 0 Å². The van der Waals surface area contributed by atoms with Gasteiger partial charge in [-0.1, -0.05) is 0 Å². The zero-order valence-corrected chi connectivity index (χ0v) is 21.1. The molecule has 162 valence electrons. The number of piperazine rings is 1. The van der Waals surface area contributed by atoms with Crippen molar-refractivity contribution in [1.82, 2.24) is 10.2 Å². The molecular formula is C20H24BrN2O5PSe. The van der Waals surface area contributed by atoms with Gasteiger partial charge in [0.1, 0.15) is 0 Å². The molecule has 0 atom stereocenters. The number of fused-ring (bicyclic) bond motifs is 3. The van der Waals surface area contributed by atoms with Crippen LogP contribution in [-0.2, 0) is 20.2 Å². The predicted octanol–water partition coefficient (Wildman–Crippen LogP) is 3.06. The van der Waals surface area contributed by atoms with Gasteiger partial charge >= 0.3 is 190 Å². The first-order valence-electron chi connectivity index (χ1n) is 9.97. The van der Waals surface area contributed by atoms with E-state index < -0.39 is 13.2 Å². The van der Waals surface area contributed by atoms with Crippen LogP contribution in [0.4, 0.5) is 0 Å². The molecule has 0 bridgehead atoms. The molecule has 1 aromatic carbocycles. The van der Waals surface area contributed by atoms with Gasteiger partial charge in [0.15, 0.2) is 0 Å². The molecule has 1 N–H and O–H groups in total. The molecule has 7 nitrogen and oxygen atoms in total. The van der Waals surface area contributed by atoms with E-state index in [1.807, 2.05) is 12.1 Å². The molecule has 3 heterocycles. The van der Waals surface area contributed by atoms with Crippen molar-refractivity contribution in [2.45, 2.75) is 20.4 Å². The molecule has 3 aromatic rings. The summed E-state index contributed by atoms with van der Waals surface area (Å²) in [7, 11) is -3.72. The molecule has 0 spiro atoms. The van der Waals surface area contributed by atoms with Crippen molar-refractivity contribution in [3.63, 3.8) is 0 Å². The second-order valence-corrected chi connectivity index (χ2v) is 12.1. The number of halogens is 1. The topological polar surface area (TPSA) is 81.0 Å². The van der Waals surface area contributed by atoms with E-state index in [2.05, 4.69) is 26.1 Å². The van der Waals surface area contributed by atoms with Crippen molar-refractivity contribution in [2.24, 2.45) is 0 Å². The zero-order chi connectivity index (χ0) is 21.3. The van der Waals surface area contributed by atoms with E-state index in [1.165, 1.54) is 4.44 Å². The van der Waals surface area contributed by atoms with Gasteiger partial charge in [0, 0.05) is 0 Å². The first-order chi connectivity index (χ1) is 14.5. The Hall–Kier alpha value is -0.761. The summed E-state index contributed by atoms with van der Waals surface area (Å²) in [5.41, 5.74) is -0.100. The SMILES string of the molecule is CCOP(=O)(OCC)c1cc2ccc3c(Br)c(CN4CCNCC4)[se]c3c2oc1=O. The maximum absolute atomic E-state index is 13.1. The van der Waals surface area contributed by atoms with Gasteiger partial charge in [0.2, 0.25) is 0 Å². The molecule has 1 saturated heterocycles. The van der Waals surface area contributed by atoms with Crippen LogP contribution in [0.25, 0.3) is 20.6 Å². The van der Waals surface area contributed by atoms with E-state index in [0.29, 0.717) is 5.58 Å². The molecule has 0 saturated carbocycles. The van der Waals surface area contributed by atoms with Gasteiger partial charge in [-0.3, -0.25) is 0 Å². The molecule has 0 amide bonds. The van der Waals surface area contributed by atoms with Gasteiger partial charge < -0.3 is 0 Å². The average Bonchev–Trinajstić information content (AvgIpc) is 3.04. The normalized spacial score (nSPS) is 16.0. The van der Waals surface area contributed by atoms with Gasteiger partial charge in [-0.05, 0) is 0 Å². The summed E-state index contributed by atoms with van der Waals surface area (Å²) in [6, 6.07) is 5.53. The van der Waals surface area contributed by atoms with E-state index in [4.69, 9.17) is 13.5 Å². The summed E-state index contributed by atoms with van der Waals surface area (Å²) < 4.78 is 33.0. The number of hydrogen-bond acceptors (Lipinski definition) is 7. The average molecular weight is 562 g/mol. The van der Waals surface area contributed by atoms with Crippen molar-refractivity contribution < 1.29 is 18.0 Å². The standard InChI is InChI=1S/C20H24BrN2O5PSe/c1-3-26-29(25,27-4-2)15-11-13-5-6-14-17(21)16(12-23-9-7-22-8-10-23)30-19(14)18(13)28-20(15)24/h5-6,11,22H,3-4,7-10,12H2,1-2H3. The summed E-state index contributed by atoms with van der Waals surface area (Å²) in [5, 5.41) is 5.13. The molecule has 30 heavy (non-hydrogen) atoms. The molecule has 0 aliphatic carbocycles. The van der Waals surface area contributed by atoms with Gasteiger partial charge in [-0.15, -0.1) is 0 Å². The van der Waals surface area contributed by atoms with E-state index in [1.54, 1.807) is 19.9 Å². The Kier molecular flexibility index (Phi) is 7.02. The molecule has 4 rings (SSSR count). The summed E-state index contributed by atoms with van der Waals surface area (Å²) in [6.07, 6.45) is 0. The molecule has 2 aromatic heterocycles. The van der Waals surface area contributed by atoms with Crippen molar-refractivity contribution in [1.29, 1.82) is 0 Å². The van der Waals surface area contributed by atoms with Gasteiger partial charge in [0.05, 0.1) is 0 Å². The van der Waals surface area contributed by atoms with Crippen LogP contribution < -0.4 is 16.2 Å². The Bertz CT molecular complexity index is 1160. The maximum atomic E-state index is 13.1. The van der Waals surface area contributed by atoms with Crippen molar-refractivity contribution in [3.8, 4) is 0 Å². The Labute approximate surface area is 189 Å². The van der Waals surface area contributed by atoms with Crippen molar-refractivity contribution >= 4 is 63.9 Å². The number of hydrogen-bond donors (Lipinski definition) is 1. The van der Waals surface area contributed by atoms with Crippen molar-refractivity contribution in [3.05, 3.63) is 37.5 Å². The molecule has 0 radical (unpaired) electrons. The Morgan fingerprint density at radius 1 is 1.23 bits per heavy atom. The van der Waals surface area contributed by atoms with Crippen LogP contribution in [0, 0.1) is 0 Å². The van der Waals surface area contributed by atoms with E-state index in [-0.39, 0.29) is 33.0 Å². The zero-order valence-electron chi connectivity index (χ0n) is 16.9. The fraction of sp³-hybridized carbons (Fsp3) is 0.450. The van der Waals surface area contributed by atoms with E-state index in [9.17, 15) is 9.36 Å². The Balaban J connectivity index is 1.80. The van der Waals surface area contributed by atoms with Crippen molar-refractivity contribution in [2.75, 3.05) is 39.4 Å². The Morgan fingerprint density at radius 2 is 1.93 bits per heavy atom. The minimum absolute atomic E-state index is 0.0412. The first-order valence-corrected chi connectivity index (χ1v) is 14.0. The molecule has 1 aliphatic rings. The summed E-state index contributed by atoms with van der Waals surface area (Å²) >= 11 is 3.81. The second kappa shape index (κ2) is 9.39. The van der Waals surface area contributed by atoms with Crippen LogP contribution in [0.1, 0.15) is 18.3 Å². The number of rotatable bonds is 7. The van der Waals surface area contributed by atoms with Crippen LogP contribution in [0.15, 0.2) is 31.9 Å². The van der Waals surface area contributed by atoms with Crippen LogP contribution in [-0.4, -0.2) is 58.8 Å². The first kappa shape index (κ1) is 22.4. The molecule has 1 aliphatic heterocycles. The van der Waals surface area contributed by atoms with E-state index >= 15 is 0 Å². The van der Waals surface area contributed by atoms with Crippen LogP contribution in [0.3, 0.4) is 0 Å². The van der Waals surface area contributed by atoms with Gasteiger partial charge in [-0.25, -0.2) is 0 Å². The van der Waals surface area contributed by atoms with Gasteiger partial charge in [-0.2, -0.15) is 0 Å². The minimum atomic E-state index is -3.72. The monoisotopic (exact) mass is 562 g/mol. The third-order valence-corrected chi connectivity index (χ3v) is 11.1. The number of benzene rings is 1. The molecule has 0 unspecified atom stereocenters. The fourth-order valence-corrected chi connectivity index (χ4v) is 8.96. The quantitative estimate of drug-likeness (QED) is 0.270. The van der Waals surface area contributed by atoms with Crippen LogP contribution in [0.2, 0.25) is 0 Å². The number of nitrogens with zero attached hydrogens (tertiary/aromatic N) is 1. The molecule has 10 heteroatoms. The number of nitrogens with one attached hydrogen (secondary N) is 1. The summed E-state index contributed by atoms with van der Waals surface area (Å²) in [6.45, 7) is 8.75. The predicted molar refractivity (Wildman–Crippen MR) is 123 cm³/mol. The third-order valence-electron chi connectivity index (χ3n) is 5.02. The summed E-state index contributed by atoms with van der Waals surface area (Å²) in [5.74, 6) is 0. The van der Waals surface area contributed by atoms with E-state index in [0.717, 1.165) is 52.2 Å². The molecular weight excluding hydrogens is 538 g/mol. The van der Waals surface area contributed by atoms with Crippen LogP contribution >= 0.6 is 23.5 Å². The fourth-order valence-electron chi connectivity index (χ4n) is 3.62. The third kappa shape index (κ3) is 4.27. The molecule has 1 fully saturated rings. The van der Waals surface area contributed by atoms with Gasteiger partial charge in [0.25, 0.3) is 0 Å². The Morgan fingerprint density at radius 3 is 2.60 bits per heavy atom.